The van der Waals surface area contributed by atoms with Gasteiger partial charge in [0, 0.05) is 22.3 Å². The van der Waals surface area contributed by atoms with Gasteiger partial charge in [-0.25, -0.2) is 0 Å². The molecule has 20 heavy (non-hydrogen) atoms. The number of benzene rings is 1. The van der Waals surface area contributed by atoms with E-state index < -0.39 is 8.38 Å². The highest BCUT2D eigenvalue weighted by molar-refractivity contribution is 7.56. The van der Waals surface area contributed by atoms with Gasteiger partial charge in [-0.3, -0.25) is 4.79 Å². The quantitative estimate of drug-likeness (QED) is 0.821. The molecule has 1 saturated heterocycles. The largest absolute Gasteiger partial charge is 0.322 e. The van der Waals surface area contributed by atoms with E-state index in [1.165, 1.54) is 6.07 Å². The first-order valence-corrected chi connectivity index (χ1v) is 7.78. The molecule has 0 radical (unpaired) electrons. The Hall–Kier alpha value is -1.22. The standard InChI is InChI=1S/C15H18NO3P/c1-14(2)15(3,4)19-20(18-14)12-7-5-6-11-10(12)8-9-13(17)16-11/h5-9H,1-4H3,(H,16,17). The van der Waals surface area contributed by atoms with Crippen molar-refractivity contribution in [2.75, 3.05) is 0 Å². The zero-order valence-corrected chi connectivity index (χ0v) is 13.0. The zero-order chi connectivity index (χ0) is 14.5. The second-order valence-electron chi connectivity index (χ2n) is 6.02. The van der Waals surface area contributed by atoms with Gasteiger partial charge in [-0.1, -0.05) is 6.07 Å². The van der Waals surface area contributed by atoms with Crippen molar-refractivity contribution in [2.24, 2.45) is 0 Å². The highest BCUT2D eigenvalue weighted by Gasteiger charge is 2.50. The average molecular weight is 291 g/mol. The summed E-state index contributed by atoms with van der Waals surface area (Å²) in [5.74, 6) is 0. The predicted octanol–water partition coefficient (Wildman–Crippen LogP) is 3.07. The Bertz CT molecular complexity index is 704. The molecule has 2 heterocycles. The second-order valence-corrected chi connectivity index (χ2v) is 7.38. The Morgan fingerprint density at radius 1 is 1.00 bits per heavy atom. The van der Waals surface area contributed by atoms with Gasteiger partial charge in [0.15, 0.2) is 0 Å². The van der Waals surface area contributed by atoms with Crippen molar-refractivity contribution in [3.63, 3.8) is 0 Å². The minimum atomic E-state index is -1.15. The molecule has 4 nitrogen and oxygen atoms in total. The molecule has 1 aromatic heterocycles. The molecule has 0 spiro atoms. The number of aromatic nitrogens is 1. The number of H-pyrrole nitrogens is 1. The summed E-state index contributed by atoms with van der Waals surface area (Å²) in [6.07, 6.45) is 0. The molecule has 1 aliphatic heterocycles. The second kappa shape index (κ2) is 4.39. The topological polar surface area (TPSA) is 51.3 Å². The van der Waals surface area contributed by atoms with Crippen LogP contribution in [0.4, 0.5) is 0 Å². The molecule has 106 valence electrons. The van der Waals surface area contributed by atoms with E-state index in [-0.39, 0.29) is 16.8 Å². The monoisotopic (exact) mass is 291 g/mol. The Morgan fingerprint density at radius 2 is 1.65 bits per heavy atom. The lowest BCUT2D eigenvalue weighted by Crippen LogP contribution is -2.41. The molecule has 1 N–H and O–H groups in total. The van der Waals surface area contributed by atoms with Gasteiger partial charge >= 0.3 is 0 Å². The highest BCUT2D eigenvalue weighted by Crippen LogP contribution is 2.57. The average Bonchev–Trinajstić information content (AvgIpc) is 2.57. The van der Waals surface area contributed by atoms with Gasteiger partial charge in [0.25, 0.3) is 0 Å². The van der Waals surface area contributed by atoms with Crippen molar-refractivity contribution < 1.29 is 9.05 Å². The normalized spacial score (nSPS) is 21.4. The maximum Gasteiger partial charge on any atom is 0.248 e. The fraction of sp³-hybridized carbons (Fsp3) is 0.400. The maximum atomic E-state index is 11.4. The molecule has 0 amide bonds. The third kappa shape index (κ3) is 2.08. The first-order chi connectivity index (χ1) is 9.30. The van der Waals surface area contributed by atoms with Crippen LogP contribution in [0, 0.1) is 0 Å². The van der Waals surface area contributed by atoms with E-state index in [9.17, 15) is 4.79 Å². The smallest absolute Gasteiger partial charge is 0.248 e. The minimum absolute atomic E-state index is 0.101. The summed E-state index contributed by atoms with van der Waals surface area (Å²) in [6, 6.07) is 9.18. The molecular weight excluding hydrogens is 273 g/mol. The molecular formula is C15H18NO3P. The maximum absolute atomic E-state index is 11.4. The number of fused-ring (bicyclic) bond motifs is 1. The van der Waals surface area contributed by atoms with Crippen molar-refractivity contribution in [1.29, 1.82) is 0 Å². The molecule has 0 aliphatic carbocycles. The van der Waals surface area contributed by atoms with Crippen molar-refractivity contribution in [3.05, 3.63) is 40.7 Å². The van der Waals surface area contributed by atoms with Gasteiger partial charge in [-0.05, 0) is 45.9 Å². The van der Waals surface area contributed by atoms with Crippen LogP contribution in [0.1, 0.15) is 27.7 Å². The van der Waals surface area contributed by atoms with Crippen LogP contribution in [0.5, 0.6) is 0 Å². The third-order valence-electron chi connectivity index (χ3n) is 4.01. The van der Waals surface area contributed by atoms with Crippen LogP contribution in [-0.2, 0) is 9.05 Å². The number of rotatable bonds is 1. The van der Waals surface area contributed by atoms with Crippen LogP contribution >= 0.6 is 8.38 Å². The van der Waals surface area contributed by atoms with Crippen molar-refractivity contribution in [2.45, 2.75) is 38.9 Å². The van der Waals surface area contributed by atoms with Gasteiger partial charge in [0.05, 0.1) is 11.2 Å². The van der Waals surface area contributed by atoms with Gasteiger partial charge in [0.1, 0.15) is 0 Å². The SMILES string of the molecule is CC1(C)OP(c2cccc3[nH]c(=O)ccc23)OC1(C)C. The van der Waals surface area contributed by atoms with E-state index >= 15 is 0 Å². The lowest BCUT2D eigenvalue weighted by molar-refractivity contribution is 0.00578. The first-order valence-electron chi connectivity index (χ1n) is 6.61. The third-order valence-corrected chi connectivity index (χ3v) is 6.04. The summed E-state index contributed by atoms with van der Waals surface area (Å²) >= 11 is 0. The summed E-state index contributed by atoms with van der Waals surface area (Å²) in [4.78, 5) is 14.2. The molecule has 1 aromatic carbocycles. The number of pyridine rings is 1. The Balaban J connectivity index is 2.11. The van der Waals surface area contributed by atoms with E-state index in [1.54, 1.807) is 0 Å². The number of aromatic amines is 1. The number of nitrogens with one attached hydrogen (secondary N) is 1. The van der Waals surface area contributed by atoms with E-state index in [4.69, 9.17) is 9.05 Å². The first kappa shape index (κ1) is 13.7. The van der Waals surface area contributed by atoms with E-state index in [2.05, 4.69) is 4.98 Å². The van der Waals surface area contributed by atoms with Crippen molar-refractivity contribution >= 4 is 24.6 Å². The molecule has 0 atom stereocenters. The van der Waals surface area contributed by atoms with Crippen LogP contribution in [-0.4, -0.2) is 16.2 Å². The van der Waals surface area contributed by atoms with Crippen LogP contribution in [0.3, 0.4) is 0 Å². The molecule has 0 unspecified atom stereocenters. The van der Waals surface area contributed by atoms with Gasteiger partial charge < -0.3 is 14.0 Å². The van der Waals surface area contributed by atoms with Gasteiger partial charge in [-0.15, -0.1) is 0 Å². The van der Waals surface area contributed by atoms with Crippen LogP contribution in [0.2, 0.25) is 0 Å². The van der Waals surface area contributed by atoms with Crippen LogP contribution in [0.15, 0.2) is 35.1 Å². The summed E-state index contributed by atoms with van der Waals surface area (Å²) in [5, 5.41) is 1.99. The fourth-order valence-corrected chi connectivity index (χ4v) is 4.18. The van der Waals surface area contributed by atoms with Gasteiger partial charge in [0.2, 0.25) is 13.9 Å². The highest BCUT2D eigenvalue weighted by atomic mass is 31.2. The fourth-order valence-electron chi connectivity index (χ4n) is 2.08. The van der Waals surface area contributed by atoms with E-state index in [1.807, 2.05) is 52.0 Å². The van der Waals surface area contributed by atoms with Gasteiger partial charge in [-0.2, -0.15) is 0 Å². The molecule has 2 aromatic rings. The molecule has 1 fully saturated rings. The Kier molecular flexibility index (Phi) is 3.02. The lowest BCUT2D eigenvalue weighted by atomic mass is 9.90. The van der Waals surface area contributed by atoms with E-state index in [0.717, 1.165) is 16.2 Å². The minimum Gasteiger partial charge on any atom is -0.322 e. The summed E-state index contributed by atoms with van der Waals surface area (Å²) in [5.41, 5.74) is 0.0233. The molecule has 1 aliphatic rings. The van der Waals surface area contributed by atoms with Crippen LogP contribution < -0.4 is 10.9 Å². The van der Waals surface area contributed by atoms with E-state index in [0.29, 0.717) is 0 Å². The molecule has 0 bridgehead atoms. The van der Waals surface area contributed by atoms with Crippen molar-refractivity contribution in [1.82, 2.24) is 4.98 Å². The Morgan fingerprint density at radius 3 is 2.30 bits per heavy atom. The number of hydrogen-bond donors (Lipinski definition) is 1. The molecule has 5 heteroatoms. The molecule has 0 saturated carbocycles. The van der Waals surface area contributed by atoms with Crippen LogP contribution in [0.25, 0.3) is 10.9 Å². The van der Waals surface area contributed by atoms with Crippen molar-refractivity contribution in [3.8, 4) is 0 Å². The summed E-state index contributed by atoms with van der Waals surface area (Å²) < 4.78 is 12.3. The lowest BCUT2D eigenvalue weighted by Gasteiger charge is -2.29. The Labute approximate surface area is 119 Å². The summed E-state index contributed by atoms with van der Waals surface area (Å²) in [7, 11) is -1.15. The zero-order valence-electron chi connectivity index (χ0n) is 12.1. The number of hydrogen-bond acceptors (Lipinski definition) is 3. The predicted molar refractivity (Wildman–Crippen MR) is 81.5 cm³/mol. The molecule has 3 rings (SSSR count). The summed E-state index contributed by atoms with van der Waals surface area (Å²) in [6.45, 7) is 8.18.